The minimum absolute atomic E-state index is 0.0833. The van der Waals surface area contributed by atoms with Crippen LogP contribution in [0.5, 0.6) is 0 Å². The number of hydrogen-bond acceptors (Lipinski definition) is 2. The van der Waals surface area contributed by atoms with Crippen LogP contribution in [0.3, 0.4) is 0 Å². The highest BCUT2D eigenvalue weighted by molar-refractivity contribution is 5.88. The van der Waals surface area contributed by atoms with Gasteiger partial charge in [0.2, 0.25) is 5.91 Å². The molecule has 1 atom stereocenters. The number of hydrogen-bond donors (Lipinski definition) is 1. The number of carbonyl (C=O) groups excluding carboxylic acids is 1. The number of nitrogens with zero attached hydrogens (tertiary/aromatic N) is 1. The highest BCUT2D eigenvalue weighted by Gasteiger charge is 2.48. The summed E-state index contributed by atoms with van der Waals surface area (Å²) in [6.07, 6.45) is 0. The van der Waals surface area contributed by atoms with Crippen LogP contribution in [0.4, 0.5) is 0 Å². The molecule has 1 aliphatic rings. The van der Waals surface area contributed by atoms with Gasteiger partial charge in [-0.05, 0) is 19.3 Å². The molecule has 0 bridgehead atoms. The molecule has 0 aromatic rings. The zero-order valence-electron chi connectivity index (χ0n) is 9.22. The molecular weight excluding hydrogens is 164 g/mol. The van der Waals surface area contributed by atoms with E-state index < -0.39 is 0 Å². The Hall–Kier alpha value is -0.570. The van der Waals surface area contributed by atoms with E-state index in [1.54, 1.807) is 0 Å². The van der Waals surface area contributed by atoms with Crippen LogP contribution in [0, 0.1) is 5.41 Å². The molecule has 0 radical (unpaired) electrons. The smallest absolute Gasteiger partial charge is 0.241 e. The molecule has 1 fully saturated rings. The normalized spacial score (nSPS) is 24.6. The molecule has 0 spiro atoms. The van der Waals surface area contributed by atoms with Crippen LogP contribution in [-0.2, 0) is 4.79 Å². The molecular formula is C10H20N2O. The maximum absolute atomic E-state index is 11.5. The minimum Gasteiger partial charge on any atom is -0.334 e. The average Bonchev–Trinajstić information content (AvgIpc) is 1.97. The van der Waals surface area contributed by atoms with Gasteiger partial charge in [-0.15, -0.1) is 0 Å². The van der Waals surface area contributed by atoms with E-state index in [-0.39, 0.29) is 22.9 Å². The Kier molecular flexibility index (Phi) is 2.19. The first-order valence-corrected chi connectivity index (χ1v) is 4.75. The van der Waals surface area contributed by atoms with Crippen LogP contribution < -0.4 is 5.73 Å². The summed E-state index contributed by atoms with van der Waals surface area (Å²) in [7, 11) is 0. The predicted molar refractivity (Wildman–Crippen MR) is 53.2 cm³/mol. The monoisotopic (exact) mass is 184 g/mol. The summed E-state index contributed by atoms with van der Waals surface area (Å²) in [4.78, 5) is 13.3. The summed E-state index contributed by atoms with van der Waals surface area (Å²) >= 11 is 0. The number of nitrogens with two attached hydrogens (primary N) is 1. The predicted octanol–water partition coefficient (Wildman–Crippen LogP) is 0.981. The molecule has 1 aliphatic heterocycles. The van der Waals surface area contributed by atoms with E-state index in [4.69, 9.17) is 5.73 Å². The first kappa shape index (κ1) is 10.5. The van der Waals surface area contributed by atoms with Gasteiger partial charge in [-0.2, -0.15) is 0 Å². The van der Waals surface area contributed by atoms with Crippen molar-refractivity contribution in [1.82, 2.24) is 4.90 Å². The summed E-state index contributed by atoms with van der Waals surface area (Å²) in [5.41, 5.74) is 5.54. The van der Waals surface area contributed by atoms with Gasteiger partial charge in [0.1, 0.15) is 6.04 Å². The van der Waals surface area contributed by atoms with E-state index in [2.05, 4.69) is 34.6 Å². The first-order valence-electron chi connectivity index (χ1n) is 4.75. The van der Waals surface area contributed by atoms with Crippen LogP contribution in [0.2, 0.25) is 0 Å². The second-order valence-corrected chi connectivity index (χ2v) is 5.36. The molecule has 1 amide bonds. The highest BCUT2D eigenvalue weighted by atomic mass is 16.2. The molecule has 0 aromatic heterocycles. The fraction of sp³-hybridized carbons (Fsp3) is 0.900. The Labute approximate surface area is 80.3 Å². The number of likely N-dealkylation sites (tertiary alicyclic amines) is 1. The van der Waals surface area contributed by atoms with Crippen molar-refractivity contribution in [2.45, 2.75) is 46.2 Å². The third-order valence-corrected chi connectivity index (χ3v) is 3.47. The Morgan fingerprint density at radius 1 is 1.31 bits per heavy atom. The van der Waals surface area contributed by atoms with E-state index in [0.717, 1.165) is 0 Å². The van der Waals surface area contributed by atoms with Crippen molar-refractivity contribution in [3.05, 3.63) is 0 Å². The van der Waals surface area contributed by atoms with Gasteiger partial charge in [0.05, 0.1) is 0 Å². The lowest BCUT2D eigenvalue weighted by molar-refractivity contribution is -0.155. The highest BCUT2D eigenvalue weighted by Crippen LogP contribution is 2.37. The maximum atomic E-state index is 11.5. The van der Waals surface area contributed by atoms with Gasteiger partial charge >= 0.3 is 0 Å². The van der Waals surface area contributed by atoms with Gasteiger partial charge in [-0.25, -0.2) is 0 Å². The second-order valence-electron chi connectivity index (χ2n) is 5.36. The lowest BCUT2D eigenvalue weighted by Crippen LogP contribution is -2.70. The van der Waals surface area contributed by atoms with Gasteiger partial charge < -0.3 is 10.6 Å². The Balaban J connectivity index is 2.78. The molecule has 1 saturated heterocycles. The van der Waals surface area contributed by atoms with Crippen molar-refractivity contribution < 1.29 is 4.79 Å². The fourth-order valence-corrected chi connectivity index (χ4v) is 1.36. The molecule has 1 unspecified atom stereocenters. The lowest BCUT2D eigenvalue weighted by atomic mass is 9.73. The summed E-state index contributed by atoms with van der Waals surface area (Å²) < 4.78 is 0. The van der Waals surface area contributed by atoms with E-state index in [0.29, 0.717) is 6.54 Å². The van der Waals surface area contributed by atoms with E-state index in [1.165, 1.54) is 0 Å². The number of carbonyl (C=O) groups is 1. The molecule has 76 valence electrons. The third-order valence-electron chi connectivity index (χ3n) is 3.47. The molecule has 1 heterocycles. The Bertz CT molecular complexity index is 228. The van der Waals surface area contributed by atoms with Gasteiger partial charge in [-0.1, -0.05) is 20.8 Å². The van der Waals surface area contributed by atoms with Crippen molar-refractivity contribution in [1.29, 1.82) is 0 Å². The van der Waals surface area contributed by atoms with Gasteiger partial charge in [0.25, 0.3) is 0 Å². The zero-order chi connectivity index (χ0) is 10.4. The maximum Gasteiger partial charge on any atom is 0.241 e. The Morgan fingerprint density at radius 2 is 1.77 bits per heavy atom. The molecule has 13 heavy (non-hydrogen) atoms. The summed E-state index contributed by atoms with van der Waals surface area (Å²) in [6.45, 7) is 11.3. The number of β-lactam (4-membered cyclic amide) rings is 1. The van der Waals surface area contributed by atoms with Crippen molar-refractivity contribution in [3.63, 3.8) is 0 Å². The molecule has 0 saturated carbocycles. The fourth-order valence-electron chi connectivity index (χ4n) is 1.36. The second kappa shape index (κ2) is 2.71. The number of amides is 1. The molecule has 0 aliphatic carbocycles. The van der Waals surface area contributed by atoms with Crippen LogP contribution in [0.25, 0.3) is 0 Å². The van der Waals surface area contributed by atoms with Crippen LogP contribution in [-0.4, -0.2) is 28.9 Å². The van der Waals surface area contributed by atoms with Crippen molar-refractivity contribution in [2.75, 3.05) is 6.54 Å². The summed E-state index contributed by atoms with van der Waals surface area (Å²) in [5.74, 6) is 0.0833. The quantitative estimate of drug-likeness (QED) is 0.617. The average molecular weight is 184 g/mol. The third kappa shape index (κ3) is 1.46. The van der Waals surface area contributed by atoms with Crippen molar-refractivity contribution >= 4 is 5.91 Å². The van der Waals surface area contributed by atoms with Crippen LogP contribution in [0.1, 0.15) is 34.6 Å². The summed E-state index contributed by atoms with van der Waals surface area (Å²) in [6, 6.07) is -0.262. The standard InChI is InChI=1S/C10H20N2O/c1-9(2,3)10(4,5)12-6-7(11)8(12)13/h7H,6,11H2,1-5H3. The SMILES string of the molecule is CC(C)(C)C(C)(C)N1CC(N)C1=O. The van der Waals surface area contributed by atoms with Gasteiger partial charge in [0, 0.05) is 12.1 Å². The van der Waals surface area contributed by atoms with Gasteiger partial charge in [0.15, 0.2) is 0 Å². The summed E-state index contributed by atoms with van der Waals surface area (Å²) in [5, 5.41) is 0. The van der Waals surface area contributed by atoms with Crippen molar-refractivity contribution in [3.8, 4) is 0 Å². The first-order chi connectivity index (χ1) is 5.68. The van der Waals surface area contributed by atoms with Gasteiger partial charge in [-0.3, -0.25) is 4.79 Å². The van der Waals surface area contributed by atoms with Crippen LogP contribution in [0.15, 0.2) is 0 Å². The molecule has 2 N–H and O–H groups in total. The van der Waals surface area contributed by atoms with E-state index >= 15 is 0 Å². The Morgan fingerprint density at radius 3 is 2.00 bits per heavy atom. The topological polar surface area (TPSA) is 46.3 Å². The number of rotatable bonds is 1. The molecule has 3 nitrogen and oxygen atoms in total. The largest absolute Gasteiger partial charge is 0.334 e. The van der Waals surface area contributed by atoms with Crippen molar-refractivity contribution in [2.24, 2.45) is 11.1 Å². The van der Waals surface area contributed by atoms with Crippen LogP contribution >= 0.6 is 0 Å². The molecule has 1 rings (SSSR count). The van der Waals surface area contributed by atoms with E-state index in [9.17, 15) is 4.79 Å². The minimum atomic E-state index is -0.262. The van der Waals surface area contributed by atoms with E-state index in [1.807, 2.05) is 4.90 Å². The molecule has 0 aromatic carbocycles. The molecule has 3 heteroatoms. The zero-order valence-corrected chi connectivity index (χ0v) is 9.22. The lowest BCUT2D eigenvalue weighted by Gasteiger charge is -2.53.